The van der Waals surface area contributed by atoms with E-state index in [9.17, 15) is 16.8 Å². The summed E-state index contributed by atoms with van der Waals surface area (Å²) in [5.41, 5.74) is 0.543. The van der Waals surface area contributed by atoms with Crippen molar-refractivity contribution < 1.29 is 16.8 Å². The van der Waals surface area contributed by atoms with E-state index in [1.165, 1.54) is 18.2 Å². The van der Waals surface area contributed by atoms with Gasteiger partial charge in [0, 0.05) is 6.26 Å². The molecular weight excluding hydrogens is 364 g/mol. The number of sulfonamides is 1. The van der Waals surface area contributed by atoms with Gasteiger partial charge in [-0.2, -0.15) is 0 Å². The van der Waals surface area contributed by atoms with E-state index < -0.39 is 19.9 Å². The van der Waals surface area contributed by atoms with Crippen molar-refractivity contribution >= 4 is 57.9 Å². The van der Waals surface area contributed by atoms with E-state index in [4.69, 9.17) is 0 Å². The van der Waals surface area contributed by atoms with E-state index in [0.717, 1.165) is 28.9 Å². The number of hydrogen-bond acceptors (Lipinski definition) is 7. The van der Waals surface area contributed by atoms with Crippen LogP contribution in [0.1, 0.15) is 0 Å². The Balaban J connectivity index is 2.00. The maximum absolute atomic E-state index is 12.1. The number of hydrogen-bond donors (Lipinski definition) is 1. The summed E-state index contributed by atoms with van der Waals surface area (Å²) in [6, 6.07) is 7.66. The highest BCUT2D eigenvalue weighted by atomic mass is 32.2. The topological polar surface area (TPSA) is 93.2 Å². The van der Waals surface area contributed by atoms with E-state index in [1.807, 2.05) is 0 Å². The van der Waals surface area contributed by atoms with Crippen molar-refractivity contribution in [3.05, 3.63) is 35.7 Å². The quantitative estimate of drug-likeness (QED) is 0.757. The molecule has 0 radical (unpaired) electrons. The number of rotatable bonds is 4. The lowest BCUT2D eigenvalue weighted by atomic mass is 10.3. The number of nitrogens with one attached hydrogen (secondary N) is 1. The van der Waals surface area contributed by atoms with Crippen LogP contribution in [0.5, 0.6) is 0 Å². The lowest BCUT2D eigenvalue weighted by Gasteiger charge is -2.00. The van der Waals surface area contributed by atoms with E-state index >= 15 is 0 Å². The van der Waals surface area contributed by atoms with Crippen LogP contribution in [0, 0.1) is 0 Å². The molecule has 1 N–H and O–H groups in total. The van der Waals surface area contributed by atoms with Crippen LogP contribution in [-0.2, 0) is 19.9 Å². The lowest BCUT2D eigenvalue weighted by Crippen LogP contribution is -2.10. The zero-order valence-electron chi connectivity index (χ0n) is 11.2. The molecule has 2 aromatic heterocycles. The van der Waals surface area contributed by atoms with E-state index in [0.29, 0.717) is 10.2 Å². The van der Waals surface area contributed by atoms with Crippen molar-refractivity contribution in [1.82, 2.24) is 4.98 Å². The fourth-order valence-corrected chi connectivity index (χ4v) is 5.62. The molecule has 0 aliphatic heterocycles. The SMILES string of the molecule is CS(=O)(=O)c1ccc2nc(NS(=O)(=O)c3cccs3)sc2c1. The lowest BCUT2D eigenvalue weighted by molar-refractivity contribution is 0.600. The van der Waals surface area contributed by atoms with Crippen molar-refractivity contribution in [3.63, 3.8) is 0 Å². The Labute approximate surface area is 135 Å². The molecule has 3 rings (SSSR count). The zero-order chi connectivity index (χ0) is 16.0. The second-order valence-corrected chi connectivity index (χ2v) is 10.4. The predicted molar refractivity (Wildman–Crippen MR) is 87.9 cm³/mol. The first-order chi connectivity index (χ1) is 10.3. The van der Waals surface area contributed by atoms with Gasteiger partial charge in [-0.15, -0.1) is 11.3 Å². The molecule has 116 valence electrons. The van der Waals surface area contributed by atoms with Crippen LogP contribution in [0.15, 0.2) is 44.8 Å². The Kier molecular flexibility index (Phi) is 3.71. The number of aromatic nitrogens is 1. The number of nitrogens with zero attached hydrogens (tertiary/aromatic N) is 1. The Morgan fingerprint density at radius 3 is 2.55 bits per heavy atom. The summed E-state index contributed by atoms with van der Waals surface area (Å²) >= 11 is 2.20. The molecule has 0 spiro atoms. The van der Waals surface area contributed by atoms with Gasteiger partial charge in [-0.25, -0.2) is 21.8 Å². The zero-order valence-corrected chi connectivity index (χ0v) is 14.4. The van der Waals surface area contributed by atoms with E-state index in [1.54, 1.807) is 17.5 Å². The maximum Gasteiger partial charge on any atom is 0.273 e. The Hall–Kier alpha value is -1.49. The Morgan fingerprint density at radius 1 is 1.14 bits per heavy atom. The van der Waals surface area contributed by atoms with Gasteiger partial charge in [0.05, 0.1) is 15.1 Å². The fraction of sp³-hybridized carbons (Fsp3) is 0.0833. The summed E-state index contributed by atoms with van der Waals surface area (Å²) in [6.45, 7) is 0. The molecule has 0 atom stereocenters. The van der Waals surface area contributed by atoms with Crippen molar-refractivity contribution in [2.75, 3.05) is 11.0 Å². The molecule has 3 aromatic rings. The van der Waals surface area contributed by atoms with Crippen LogP contribution in [0.25, 0.3) is 10.2 Å². The molecule has 0 bridgehead atoms. The molecule has 0 amide bonds. The summed E-state index contributed by atoms with van der Waals surface area (Å²) < 4.78 is 50.6. The summed E-state index contributed by atoms with van der Waals surface area (Å²) in [4.78, 5) is 4.35. The third-order valence-electron chi connectivity index (χ3n) is 2.77. The maximum atomic E-state index is 12.1. The van der Waals surface area contributed by atoms with Gasteiger partial charge in [0.15, 0.2) is 15.0 Å². The van der Waals surface area contributed by atoms with Crippen molar-refractivity contribution in [1.29, 1.82) is 0 Å². The highest BCUT2D eigenvalue weighted by Gasteiger charge is 2.18. The van der Waals surface area contributed by atoms with Gasteiger partial charge in [-0.05, 0) is 29.6 Å². The third kappa shape index (κ3) is 3.00. The molecule has 0 saturated carbocycles. The average Bonchev–Trinajstić information content (AvgIpc) is 3.05. The number of benzene rings is 1. The first-order valence-electron chi connectivity index (χ1n) is 5.93. The van der Waals surface area contributed by atoms with Gasteiger partial charge in [-0.1, -0.05) is 17.4 Å². The van der Waals surface area contributed by atoms with Crippen LogP contribution in [0.3, 0.4) is 0 Å². The van der Waals surface area contributed by atoms with Crippen LogP contribution in [0.4, 0.5) is 5.13 Å². The van der Waals surface area contributed by atoms with Crippen LogP contribution >= 0.6 is 22.7 Å². The molecule has 0 aliphatic rings. The summed E-state index contributed by atoms with van der Waals surface area (Å²) in [5, 5.41) is 1.87. The highest BCUT2D eigenvalue weighted by Crippen LogP contribution is 2.30. The van der Waals surface area contributed by atoms with Gasteiger partial charge in [0.1, 0.15) is 4.21 Å². The molecule has 2 heterocycles. The monoisotopic (exact) mass is 374 g/mol. The first-order valence-corrected chi connectivity index (χ1v) is 11.0. The number of fused-ring (bicyclic) bond motifs is 1. The number of thiazole rings is 1. The minimum absolute atomic E-state index is 0.177. The van der Waals surface area contributed by atoms with Crippen molar-refractivity contribution in [2.45, 2.75) is 9.10 Å². The van der Waals surface area contributed by atoms with Gasteiger partial charge in [0.2, 0.25) is 0 Å². The highest BCUT2D eigenvalue weighted by molar-refractivity contribution is 7.94. The minimum Gasteiger partial charge on any atom is -0.254 e. The molecule has 0 saturated heterocycles. The second-order valence-electron chi connectivity index (χ2n) is 4.46. The number of anilines is 1. The smallest absolute Gasteiger partial charge is 0.254 e. The van der Waals surface area contributed by atoms with Gasteiger partial charge >= 0.3 is 0 Å². The Morgan fingerprint density at radius 2 is 1.91 bits per heavy atom. The normalized spacial score (nSPS) is 12.6. The van der Waals surface area contributed by atoms with E-state index in [2.05, 4.69) is 9.71 Å². The Bertz CT molecular complexity index is 1030. The molecule has 1 aromatic carbocycles. The van der Waals surface area contributed by atoms with Gasteiger partial charge in [-0.3, -0.25) is 4.72 Å². The largest absolute Gasteiger partial charge is 0.273 e. The van der Waals surface area contributed by atoms with Crippen molar-refractivity contribution in [2.24, 2.45) is 0 Å². The van der Waals surface area contributed by atoms with Gasteiger partial charge in [0.25, 0.3) is 10.0 Å². The van der Waals surface area contributed by atoms with Crippen molar-refractivity contribution in [3.8, 4) is 0 Å². The van der Waals surface area contributed by atoms with Gasteiger partial charge < -0.3 is 0 Å². The molecule has 0 aliphatic carbocycles. The second kappa shape index (κ2) is 5.30. The fourth-order valence-electron chi connectivity index (χ4n) is 1.76. The molecule has 10 heteroatoms. The summed E-state index contributed by atoms with van der Waals surface area (Å²) in [7, 11) is -6.97. The first kappa shape index (κ1) is 15.4. The van der Waals surface area contributed by atoms with Crippen LogP contribution in [-0.4, -0.2) is 28.1 Å². The van der Waals surface area contributed by atoms with E-state index in [-0.39, 0.29) is 14.2 Å². The minimum atomic E-state index is -3.66. The third-order valence-corrected chi connectivity index (χ3v) is 7.68. The van der Waals surface area contributed by atoms with Crippen LogP contribution in [0.2, 0.25) is 0 Å². The molecule has 0 unspecified atom stereocenters. The summed E-state index contributed by atoms with van der Waals surface area (Å²) in [6.07, 6.45) is 1.12. The molecule has 6 nitrogen and oxygen atoms in total. The number of sulfone groups is 1. The number of thiophene rings is 1. The molecule has 22 heavy (non-hydrogen) atoms. The predicted octanol–water partition coefficient (Wildman–Crippen LogP) is 2.56. The molecular formula is C12H10N2O4S4. The average molecular weight is 374 g/mol. The van der Waals surface area contributed by atoms with Crippen LogP contribution < -0.4 is 4.72 Å². The molecule has 0 fully saturated rings. The standard InChI is InChI=1S/C12H10N2O4S4/c1-21(15,16)8-4-5-9-10(7-8)20-12(13-9)14-22(17,18)11-3-2-6-19-11/h2-7H,1H3,(H,13,14). The summed E-state index contributed by atoms with van der Waals surface area (Å²) in [5.74, 6) is 0.